The first-order valence-corrected chi connectivity index (χ1v) is 6.54. The van der Waals surface area contributed by atoms with Crippen LogP contribution >= 0.6 is 0 Å². The van der Waals surface area contributed by atoms with E-state index in [2.05, 4.69) is 15.3 Å². The lowest BCUT2D eigenvalue weighted by Gasteiger charge is -2.13. The van der Waals surface area contributed by atoms with Crippen molar-refractivity contribution in [2.75, 3.05) is 18.5 Å². The van der Waals surface area contributed by atoms with Gasteiger partial charge in [-0.3, -0.25) is 14.9 Å². The molecule has 21 heavy (non-hydrogen) atoms. The van der Waals surface area contributed by atoms with E-state index in [0.717, 1.165) is 0 Å². The number of rotatable bonds is 6. The normalized spacial score (nSPS) is 12.3. The average Bonchev–Trinajstić information content (AvgIpc) is 2.45. The van der Waals surface area contributed by atoms with Crippen LogP contribution in [0.15, 0.2) is 23.3 Å². The maximum atomic E-state index is 11.7. The molecule has 0 radical (unpaired) electrons. The summed E-state index contributed by atoms with van der Waals surface area (Å²) in [5, 5.41) is 14.3. The molecule has 0 aliphatic carbocycles. The predicted molar refractivity (Wildman–Crippen MR) is 78.6 cm³/mol. The summed E-state index contributed by atoms with van der Waals surface area (Å²) in [6.07, 6.45) is 1.18. The lowest BCUT2D eigenvalue weighted by molar-refractivity contribution is -0.383. The van der Waals surface area contributed by atoms with Crippen molar-refractivity contribution in [3.05, 3.63) is 38.9 Å². The Morgan fingerprint density at radius 2 is 2.29 bits per heavy atom. The van der Waals surface area contributed by atoms with Gasteiger partial charge in [0.25, 0.3) is 11.2 Å². The molecule has 1 aromatic heterocycles. The van der Waals surface area contributed by atoms with Crippen LogP contribution in [-0.4, -0.2) is 34.1 Å². The van der Waals surface area contributed by atoms with Crippen LogP contribution in [0.3, 0.4) is 0 Å². The maximum Gasteiger partial charge on any atom is 0.293 e. The Bertz CT molecular complexity index is 713. The zero-order valence-corrected chi connectivity index (χ0v) is 11.8. The third kappa shape index (κ3) is 3.34. The van der Waals surface area contributed by atoms with Gasteiger partial charge in [-0.1, -0.05) is 0 Å². The fraction of sp³-hybridized carbons (Fsp3) is 0.385. The van der Waals surface area contributed by atoms with Crippen LogP contribution in [0.4, 0.5) is 11.4 Å². The topological polar surface area (TPSA) is 110 Å². The molecule has 112 valence electrons. The molecule has 2 rings (SSSR count). The summed E-state index contributed by atoms with van der Waals surface area (Å²) >= 11 is 0. The minimum atomic E-state index is -0.528. The van der Waals surface area contributed by atoms with Crippen molar-refractivity contribution < 1.29 is 9.66 Å². The monoisotopic (exact) mass is 292 g/mol. The predicted octanol–water partition coefficient (Wildman–Crippen LogP) is 1.67. The number of nitrogens with one attached hydrogen (secondary N) is 2. The number of hydrogen-bond acceptors (Lipinski definition) is 6. The van der Waals surface area contributed by atoms with Gasteiger partial charge in [-0.25, -0.2) is 4.98 Å². The number of fused-ring (bicyclic) bond motifs is 1. The Balaban J connectivity index is 2.39. The summed E-state index contributed by atoms with van der Waals surface area (Å²) in [7, 11) is 0. The van der Waals surface area contributed by atoms with Gasteiger partial charge in [-0.15, -0.1) is 0 Å². The zero-order chi connectivity index (χ0) is 15.4. The summed E-state index contributed by atoms with van der Waals surface area (Å²) in [4.78, 5) is 28.7. The molecule has 0 spiro atoms. The van der Waals surface area contributed by atoms with Crippen molar-refractivity contribution >= 4 is 22.3 Å². The standard InChI is InChI=1S/C13H16N4O4/c1-3-21-8(2)6-14-11-5-10-9(4-12(11)17(19)20)13(18)16-7-15-10/h4-5,7-8,14H,3,6H2,1-2H3,(H,15,16,18). The molecular weight excluding hydrogens is 276 g/mol. The lowest BCUT2D eigenvalue weighted by atomic mass is 10.2. The first-order chi connectivity index (χ1) is 10.0. The van der Waals surface area contributed by atoms with E-state index in [1.165, 1.54) is 18.5 Å². The summed E-state index contributed by atoms with van der Waals surface area (Å²) in [5.74, 6) is 0. The third-order valence-electron chi connectivity index (χ3n) is 2.99. The molecule has 0 saturated carbocycles. The van der Waals surface area contributed by atoms with Gasteiger partial charge in [0, 0.05) is 19.2 Å². The highest BCUT2D eigenvalue weighted by Crippen LogP contribution is 2.27. The SMILES string of the molecule is CCOC(C)CNc1cc2nc[nH]c(=O)c2cc1[N+](=O)[O-]. The minimum Gasteiger partial charge on any atom is -0.377 e. The van der Waals surface area contributed by atoms with E-state index in [9.17, 15) is 14.9 Å². The van der Waals surface area contributed by atoms with Gasteiger partial charge < -0.3 is 15.0 Å². The molecule has 0 saturated heterocycles. The number of aromatic nitrogens is 2. The second kappa shape index (κ2) is 6.31. The number of hydrogen-bond donors (Lipinski definition) is 2. The Labute approximate surface area is 120 Å². The minimum absolute atomic E-state index is 0.0857. The molecule has 8 nitrogen and oxygen atoms in total. The van der Waals surface area contributed by atoms with E-state index in [1.54, 1.807) is 0 Å². The van der Waals surface area contributed by atoms with E-state index in [-0.39, 0.29) is 17.2 Å². The van der Waals surface area contributed by atoms with Crippen LogP contribution in [0.1, 0.15) is 13.8 Å². The smallest absolute Gasteiger partial charge is 0.293 e. The molecule has 2 aromatic rings. The molecule has 1 unspecified atom stereocenters. The largest absolute Gasteiger partial charge is 0.377 e. The number of nitro benzene ring substituents is 1. The fourth-order valence-electron chi connectivity index (χ4n) is 1.99. The van der Waals surface area contributed by atoms with Crippen molar-refractivity contribution in [3.63, 3.8) is 0 Å². The van der Waals surface area contributed by atoms with Gasteiger partial charge in [0.1, 0.15) is 5.69 Å². The molecule has 1 aromatic carbocycles. The molecule has 2 N–H and O–H groups in total. The van der Waals surface area contributed by atoms with Crippen LogP contribution in [0.5, 0.6) is 0 Å². The van der Waals surface area contributed by atoms with E-state index in [0.29, 0.717) is 24.4 Å². The first kappa shape index (κ1) is 14.9. The number of ether oxygens (including phenoxy) is 1. The summed E-state index contributed by atoms with van der Waals surface area (Å²) in [5.41, 5.74) is 0.148. The van der Waals surface area contributed by atoms with Crippen molar-refractivity contribution in [3.8, 4) is 0 Å². The van der Waals surface area contributed by atoms with Crippen molar-refractivity contribution in [2.45, 2.75) is 20.0 Å². The average molecular weight is 292 g/mol. The number of anilines is 1. The summed E-state index contributed by atoms with van der Waals surface area (Å²) in [6, 6.07) is 2.73. The van der Waals surface area contributed by atoms with E-state index < -0.39 is 10.5 Å². The highest BCUT2D eigenvalue weighted by atomic mass is 16.6. The quantitative estimate of drug-likeness (QED) is 0.619. The highest BCUT2D eigenvalue weighted by molar-refractivity contribution is 5.86. The van der Waals surface area contributed by atoms with E-state index in [4.69, 9.17) is 4.74 Å². The Morgan fingerprint density at radius 1 is 1.52 bits per heavy atom. The lowest BCUT2D eigenvalue weighted by Crippen LogP contribution is -2.20. The Kier molecular flexibility index (Phi) is 4.49. The molecule has 0 fully saturated rings. The number of H-pyrrole nitrogens is 1. The fourth-order valence-corrected chi connectivity index (χ4v) is 1.99. The summed E-state index contributed by atoms with van der Waals surface area (Å²) in [6.45, 7) is 4.74. The van der Waals surface area contributed by atoms with Gasteiger partial charge in [0.15, 0.2) is 0 Å². The highest BCUT2D eigenvalue weighted by Gasteiger charge is 2.17. The van der Waals surface area contributed by atoms with Crippen LogP contribution in [-0.2, 0) is 4.74 Å². The third-order valence-corrected chi connectivity index (χ3v) is 2.99. The number of nitro groups is 1. The van der Waals surface area contributed by atoms with Crippen molar-refractivity contribution in [2.24, 2.45) is 0 Å². The van der Waals surface area contributed by atoms with Crippen LogP contribution in [0.25, 0.3) is 10.9 Å². The molecule has 0 bridgehead atoms. The molecule has 0 amide bonds. The van der Waals surface area contributed by atoms with Gasteiger partial charge in [-0.2, -0.15) is 0 Å². The van der Waals surface area contributed by atoms with Gasteiger partial charge in [0.2, 0.25) is 0 Å². The van der Waals surface area contributed by atoms with E-state index in [1.807, 2.05) is 13.8 Å². The Hall–Kier alpha value is -2.48. The molecular formula is C13H16N4O4. The van der Waals surface area contributed by atoms with Crippen molar-refractivity contribution in [1.29, 1.82) is 0 Å². The second-order valence-corrected chi connectivity index (χ2v) is 4.52. The van der Waals surface area contributed by atoms with E-state index >= 15 is 0 Å². The number of benzene rings is 1. The molecule has 8 heteroatoms. The molecule has 0 aliphatic rings. The van der Waals surface area contributed by atoms with Gasteiger partial charge >= 0.3 is 0 Å². The molecule has 1 heterocycles. The number of aromatic amines is 1. The second-order valence-electron chi connectivity index (χ2n) is 4.52. The Morgan fingerprint density at radius 3 is 2.95 bits per heavy atom. The first-order valence-electron chi connectivity index (χ1n) is 6.54. The molecule has 1 atom stereocenters. The van der Waals surface area contributed by atoms with Crippen LogP contribution in [0.2, 0.25) is 0 Å². The zero-order valence-electron chi connectivity index (χ0n) is 11.8. The maximum absolute atomic E-state index is 11.7. The van der Waals surface area contributed by atoms with Crippen LogP contribution < -0.4 is 10.9 Å². The van der Waals surface area contributed by atoms with Gasteiger partial charge in [0.05, 0.1) is 28.3 Å². The number of nitrogens with zero attached hydrogens (tertiary/aromatic N) is 2. The van der Waals surface area contributed by atoms with Gasteiger partial charge in [-0.05, 0) is 19.9 Å². The van der Waals surface area contributed by atoms with Crippen molar-refractivity contribution in [1.82, 2.24) is 9.97 Å². The van der Waals surface area contributed by atoms with Crippen LogP contribution in [0, 0.1) is 10.1 Å². The molecule has 0 aliphatic heterocycles. The summed E-state index contributed by atoms with van der Waals surface area (Å²) < 4.78 is 5.37.